The second-order valence-electron chi connectivity index (χ2n) is 7.62. The average Bonchev–Trinajstić information content (AvgIpc) is 3.16. The minimum absolute atomic E-state index is 0. The Kier molecular flexibility index (Phi) is 6.72. The van der Waals surface area contributed by atoms with Gasteiger partial charge in [-0.25, -0.2) is 4.68 Å². The van der Waals surface area contributed by atoms with E-state index in [0.717, 1.165) is 36.9 Å². The van der Waals surface area contributed by atoms with E-state index in [1.807, 2.05) is 60.8 Å². The molecule has 1 aliphatic carbocycles. The predicted molar refractivity (Wildman–Crippen MR) is 119 cm³/mol. The molecule has 4 rings (SSSR count). The Balaban J connectivity index is 0.00000240. The Labute approximate surface area is 177 Å². The molecule has 3 aromatic rings. The van der Waals surface area contributed by atoms with Crippen LogP contribution in [0.25, 0.3) is 16.9 Å². The lowest BCUT2D eigenvalue weighted by molar-refractivity contribution is 0.0926. The summed E-state index contributed by atoms with van der Waals surface area (Å²) in [6.45, 7) is 2.05. The topological polar surface area (TPSA) is 72.9 Å². The van der Waals surface area contributed by atoms with Crippen LogP contribution in [-0.4, -0.2) is 27.8 Å². The number of nitrogens with one attached hydrogen (secondary N) is 1. The first-order valence-corrected chi connectivity index (χ1v) is 9.89. The summed E-state index contributed by atoms with van der Waals surface area (Å²) in [5.74, 6) is -0.0716. The van der Waals surface area contributed by atoms with E-state index in [9.17, 15) is 4.79 Å². The van der Waals surface area contributed by atoms with E-state index in [0.29, 0.717) is 11.3 Å². The van der Waals surface area contributed by atoms with Crippen molar-refractivity contribution in [2.45, 2.75) is 44.7 Å². The molecule has 0 atom stereocenters. The van der Waals surface area contributed by atoms with Gasteiger partial charge in [0.05, 0.1) is 11.3 Å². The molecule has 1 amide bonds. The summed E-state index contributed by atoms with van der Waals surface area (Å²) in [4.78, 5) is 13.1. The highest BCUT2D eigenvalue weighted by Gasteiger charge is 2.24. The summed E-state index contributed by atoms with van der Waals surface area (Å²) in [6, 6.07) is 18.4. The van der Waals surface area contributed by atoms with Gasteiger partial charge in [0.15, 0.2) is 0 Å². The fourth-order valence-corrected chi connectivity index (χ4v) is 3.71. The number of nitrogens with two attached hydrogens (primary N) is 1. The Hall–Kier alpha value is -2.63. The monoisotopic (exact) mass is 410 g/mol. The molecule has 0 saturated heterocycles. The summed E-state index contributed by atoms with van der Waals surface area (Å²) in [5, 5.41) is 7.93. The summed E-state index contributed by atoms with van der Waals surface area (Å²) in [7, 11) is 0. The van der Waals surface area contributed by atoms with Gasteiger partial charge in [0.1, 0.15) is 5.69 Å². The molecule has 1 saturated carbocycles. The number of halogens is 1. The first-order valence-electron chi connectivity index (χ1n) is 9.89. The molecular weight excluding hydrogens is 384 g/mol. The van der Waals surface area contributed by atoms with E-state index in [-0.39, 0.29) is 30.4 Å². The molecule has 0 bridgehead atoms. The van der Waals surface area contributed by atoms with Crippen LogP contribution in [0.1, 0.15) is 41.6 Å². The molecule has 1 aromatic heterocycles. The van der Waals surface area contributed by atoms with Crippen molar-refractivity contribution in [1.82, 2.24) is 15.1 Å². The lowest BCUT2D eigenvalue weighted by Crippen LogP contribution is -2.40. The molecule has 152 valence electrons. The van der Waals surface area contributed by atoms with Crippen molar-refractivity contribution < 1.29 is 4.79 Å². The first kappa shape index (κ1) is 21.1. The van der Waals surface area contributed by atoms with Crippen LogP contribution in [0, 0.1) is 6.92 Å². The lowest BCUT2D eigenvalue weighted by Gasteiger charge is -2.26. The Morgan fingerprint density at radius 1 is 1.03 bits per heavy atom. The molecule has 0 aliphatic heterocycles. The van der Waals surface area contributed by atoms with Crippen LogP contribution in [0.2, 0.25) is 0 Å². The maximum atomic E-state index is 13.1. The molecule has 3 N–H and O–H groups in total. The maximum absolute atomic E-state index is 13.1. The number of hydrogen-bond acceptors (Lipinski definition) is 3. The second-order valence-corrected chi connectivity index (χ2v) is 7.62. The van der Waals surface area contributed by atoms with Gasteiger partial charge in [-0.3, -0.25) is 4.79 Å². The zero-order valence-electron chi connectivity index (χ0n) is 16.5. The second kappa shape index (κ2) is 9.25. The zero-order chi connectivity index (χ0) is 19.5. The molecule has 1 aliphatic rings. The fourth-order valence-electron chi connectivity index (χ4n) is 3.71. The number of benzene rings is 2. The van der Waals surface area contributed by atoms with E-state index in [1.54, 1.807) is 4.68 Å². The molecule has 1 fully saturated rings. The number of aryl methyl sites for hydroxylation is 1. The Morgan fingerprint density at radius 3 is 2.34 bits per heavy atom. The molecule has 29 heavy (non-hydrogen) atoms. The molecule has 5 nitrogen and oxygen atoms in total. The number of carbonyl (C=O) groups excluding carboxylic acids is 1. The highest BCUT2D eigenvalue weighted by atomic mass is 35.5. The largest absolute Gasteiger partial charge is 0.349 e. The summed E-state index contributed by atoms with van der Waals surface area (Å²) in [6.07, 6.45) is 5.61. The minimum Gasteiger partial charge on any atom is -0.349 e. The van der Waals surface area contributed by atoms with Crippen LogP contribution in [-0.2, 0) is 0 Å². The molecule has 1 heterocycles. The van der Waals surface area contributed by atoms with E-state index < -0.39 is 0 Å². The third-order valence-electron chi connectivity index (χ3n) is 5.41. The van der Waals surface area contributed by atoms with Crippen LogP contribution >= 0.6 is 12.4 Å². The quantitative estimate of drug-likeness (QED) is 0.674. The van der Waals surface area contributed by atoms with Gasteiger partial charge >= 0.3 is 0 Å². The van der Waals surface area contributed by atoms with Gasteiger partial charge in [0.25, 0.3) is 5.91 Å². The SMILES string of the molecule is Cc1ccc(-n2cc(C(=O)NC3CCC(N)CC3)c(-c3ccccc3)n2)cc1.Cl. The predicted octanol–water partition coefficient (Wildman–Crippen LogP) is 4.27. The summed E-state index contributed by atoms with van der Waals surface area (Å²) >= 11 is 0. The summed E-state index contributed by atoms with van der Waals surface area (Å²) in [5.41, 5.74) is 10.3. The minimum atomic E-state index is -0.0716. The van der Waals surface area contributed by atoms with Crippen LogP contribution in [0.4, 0.5) is 0 Å². The number of aromatic nitrogens is 2. The van der Waals surface area contributed by atoms with Crippen LogP contribution in [0.3, 0.4) is 0 Å². The molecule has 6 heteroatoms. The smallest absolute Gasteiger partial charge is 0.255 e. The van der Waals surface area contributed by atoms with Crippen molar-refractivity contribution in [3.8, 4) is 16.9 Å². The standard InChI is InChI=1S/C23H26N4O.ClH/c1-16-7-13-20(14-8-16)27-15-21(22(26-27)17-5-3-2-4-6-17)23(28)25-19-11-9-18(24)10-12-19;/h2-8,13-15,18-19H,9-12,24H2,1H3,(H,25,28);1H. The molecule has 0 spiro atoms. The van der Waals surface area contributed by atoms with Crippen molar-refractivity contribution in [2.24, 2.45) is 5.73 Å². The van der Waals surface area contributed by atoms with Crippen molar-refractivity contribution in [3.05, 3.63) is 71.9 Å². The van der Waals surface area contributed by atoms with Gasteiger partial charge in [-0.2, -0.15) is 5.10 Å². The third-order valence-corrected chi connectivity index (χ3v) is 5.41. The maximum Gasteiger partial charge on any atom is 0.255 e. The van der Waals surface area contributed by atoms with E-state index in [1.165, 1.54) is 5.56 Å². The Bertz CT molecular complexity index is 945. The van der Waals surface area contributed by atoms with Gasteiger partial charge in [0, 0.05) is 23.8 Å². The summed E-state index contributed by atoms with van der Waals surface area (Å²) < 4.78 is 1.79. The van der Waals surface area contributed by atoms with Crippen molar-refractivity contribution in [2.75, 3.05) is 0 Å². The number of nitrogens with zero attached hydrogens (tertiary/aromatic N) is 2. The van der Waals surface area contributed by atoms with Crippen LogP contribution < -0.4 is 11.1 Å². The first-order chi connectivity index (χ1) is 13.6. The average molecular weight is 411 g/mol. The number of amides is 1. The molecule has 0 unspecified atom stereocenters. The normalized spacial score (nSPS) is 18.7. The van der Waals surface area contributed by atoms with Gasteiger partial charge < -0.3 is 11.1 Å². The van der Waals surface area contributed by atoms with Crippen molar-refractivity contribution >= 4 is 18.3 Å². The molecular formula is C23H27ClN4O. The lowest BCUT2D eigenvalue weighted by atomic mass is 9.91. The highest BCUT2D eigenvalue weighted by molar-refractivity contribution is 6.00. The van der Waals surface area contributed by atoms with Gasteiger partial charge in [-0.05, 0) is 44.7 Å². The fraction of sp³-hybridized carbons (Fsp3) is 0.304. The van der Waals surface area contributed by atoms with Gasteiger partial charge in [-0.15, -0.1) is 12.4 Å². The molecule has 2 aromatic carbocycles. The number of hydrogen-bond donors (Lipinski definition) is 2. The highest BCUT2D eigenvalue weighted by Crippen LogP contribution is 2.25. The van der Waals surface area contributed by atoms with Crippen molar-refractivity contribution in [3.63, 3.8) is 0 Å². The number of rotatable bonds is 4. The number of carbonyl (C=O) groups is 1. The van der Waals surface area contributed by atoms with E-state index in [2.05, 4.69) is 12.2 Å². The molecule has 0 radical (unpaired) electrons. The Morgan fingerprint density at radius 2 is 1.69 bits per heavy atom. The zero-order valence-corrected chi connectivity index (χ0v) is 17.4. The van der Waals surface area contributed by atoms with Gasteiger partial charge in [0.2, 0.25) is 0 Å². The van der Waals surface area contributed by atoms with Gasteiger partial charge in [-0.1, -0.05) is 48.0 Å². The van der Waals surface area contributed by atoms with Crippen molar-refractivity contribution in [1.29, 1.82) is 0 Å². The van der Waals surface area contributed by atoms with Crippen LogP contribution in [0.5, 0.6) is 0 Å². The van der Waals surface area contributed by atoms with Crippen LogP contribution in [0.15, 0.2) is 60.8 Å². The van der Waals surface area contributed by atoms with E-state index >= 15 is 0 Å². The third kappa shape index (κ3) is 4.86. The van der Waals surface area contributed by atoms with E-state index in [4.69, 9.17) is 10.8 Å².